The molecule has 1 heterocycles. The summed E-state index contributed by atoms with van der Waals surface area (Å²) in [5.41, 5.74) is 0.572. The van der Waals surface area contributed by atoms with Crippen molar-refractivity contribution >= 4 is 67.2 Å². The van der Waals surface area contributed by atoms with E-state index in [0.29, 0.717) is 16.0 Å². The number of carbonyl (C=O) groups is 1. The molecule has 1 aliphatic heterocycles. The molecule has 12 heteroatoms. The van der Waals surface area contributed by atoms with Crippen molar-refractivity contribution in [2.45, 2.75) is 32.7 Å². The van der Waals surface area contributed by atoms with Crippen molar-refractivity contribution in [3.05, 3.63) is 78.4 Å². The molecule has 0 aromatic heterocycles. The van der Waals surface area contributed by atoms with Gasteiger partial charge in [0.2, 0.25) is 10.0 Å². The first kappa shape index (κ1) is 26.8. The summed E-state index contributed by atoms with van der Waals surface area (Å²) in [4.78, 5) is 15.3. The van der Waals surface area contributed by atoms with E-state index < -0.39 is 37.3 Å². The smallest absolute Gasteiger partial charge is 0.259 e. The molecule has 188 valence electrons. The number of hydrogen-bond acceptors (Lipinski definition) is 7. The molecule has 0 radical (unpaired) electrons. The predicted molar refractivity (Wildman–Crippen MR) is 146 cm³/mol. The van der Waals surface area contributed by atoms with E-state index in [1.165, 1.54) is 23.1 Å². The Kier molecular flexibility index (Phi) is 7.61. The number of rotatable bonds is 6. The normalized spacial score (nSPS) is 18.4. The largest absolute Gasteiger partial charge is 0.284 e. The number of likely N-dealkylation sites (tertiary alicyclic amines) is 1. The van der Waals surface area contributed by atoms with E-state index in [-0.39, 0.29) is 26.8 Å². The van der Waals surface area contributed by atoms with Crippen molar-refractivity contribution < 1.29 is 21.6 Å². The van der Waals surface area contributed by atoms with Crippen molar-refractivity contribution in [3.8, 4) is 11.1 Å². The second-order valence-electron chi connectivity index (χ2n) is 8.20. The molecule has 0 bridgehead atoms. The maximum Gasteiger partial charge on any atom is 0.259 e. The minimum Gasteiger partial charge on any atom is -0.284 e. The SMILES string of the molecule is CS(=O)(=O)c1ccccc1-c1ccc(C(=O)N2C(=S)C(NS(=O)(=O)c3ccc(S)cc3)CC2Cl)cc1. The van der Waals surface area contributed by atoms with Crippen LogP contribution in [0.3, 0.4) is 0 Å². The van der Waals surface area contributed by atoms with Crippen molar-refractivity contribution in [1.29, 1.82) is 0 Å². The maximum atomic E-state index is 13.2. The van der Waals surface area contributed by atoms with Gasteiger partial charge in [-0.1, -0.05) is 54.2 Å². The van der Waals surface area contributed by atoms with E-state index in [2.05, 4.69) is 17.4 Å². The Balaban J connectivity index is 1.54. The Morgan fingerprint density at radius 1 is 1.00 bits per heavy atom. The number of sulfonamides is 1. The van der Waals surface area contributed by atoms with Crippen molar-refractivity contribution in [2.24, 2.45) is 0 Å². The van der Waals surface area contributed by atoms with Crippen LogP contribution in [0.2, 0.25) is 0 Å². The van der Waals surface area contributed by atoms with Crippen LogP contribution in [0.1, 0.15) is 16.8 Å². The minimum atomic E-state index is -3.90. The van der Waals surface area contributed by atoms with Crippen LogP contribution < -0.4 is 4.72 Å². The van der Waals surface area contributed by atoms with E-state index in [0.717, 1.165) is 6.26 Å². The van der Waals surface area contributed by atoms with Crippen LogP contribution in [0.5, 0.6) is 0 Å². The zero-order valence-corrected chi connectivity index (χ0v) is 22.9. The van der Waals surface area contributed by atoms with Crippen LogP contribution in [-0.2, 0) is 19.9 Å². The Bertz CT molecular complexity index is 1540. The van der Waals surface area contributed by atoms with Crippen LogP contribution in [0.15, 0.2) is 87.5 Å². The number of thiol groups is 1. The topological polar surface area (TPSA) is 101 Å². The molecule has 4 rings (SSSR count). The fourth-order valence-electron chi connectivity index (χ4n) is 3.87. The first-order valence-corrected chi connectivity index (χ1v) is 15.3. The van der Waals surface area contributed by atoms with Gasteiger partial charge in [0.25, 0.3) is 5.91 Å². The van der Waals surface area contributed by atoms with Gasteiger partial charge in [-0.25, -0.2) is 21.6 Å². The number of benzene rings is 3. The van der Waals surface area contributed by atoms with Crippen LogP contribution in [0, 0.1) is 0 Å². The third kappa shape index (κ3) is 5.51. The van der Waals surface area contributed by atoms with Gasteiger partial charge in [-0.3, -0.25) is 9.69 Å². The monoisotopic (exact) mass is 580 g/mol. The van der Waals surface area contributed by atoms with Crippen LogP contribution in [0.4, 0.5) is 0 Å². The van der Waals surface area contributed by atoms with E-state index in [9.17, 15) is 21.6 Å². The number of nitrogens with zero attached hydrogens (tertiary/aromatic N) is 1. The van der Waals surface area contributed by atoms with Gasteiger partial charge >= 0.3 is 0 Å². The molecule has 0 saturated carbocycles. The molecule has 1 saturated heterocycles. The van der Waals surface area contributed by atoms with Gasteiger partial charge in [-0.05, 0) is 48.0 Å². The van der Waals surface area contributed by atoms with E-state index >= 15 is 0 Å². The zero-order chi connectivity index (χ0) is 26.3. The highest BCUT2D eigenvalue weighted by Gasteiger charge is 2.41. The Morgan fingerprint density at radius 3 is 2.22 bits per heavy atom. The van der Waals surface area contributed by atoms with E-state index in [4.69, 9.17) is 23.8 Å². The highest BCUT2D eigenvalue weighted by molar-refractivity contribution is 7.91. The first-order chi connectivity index (χ1) is 16.9. The number of halogens is 1. The summed E-state index contributed by atoms with van der Waals surface area (Å²) in [5.74, 6) is -0.482. The summed E-state index contributed by atoms with van der Waals surface area (Å²) in [6, 6.07) is 18.1. The molecule has 1 aliphatic rings. The number of carbonyl (C=O) groups excluding carboxylic acids is 1. The standard InChI is InChI=1S/C24H21ClN2O5S4/c1-35(29,30)21-5-3-2-4-19(21)15-6-8-16(9-7-15)23(28)27-22(25)14-20(24(27)34)26-36(31,32)18-12-10-17(33)11-13-18/h2-13,20,22,26,33H,14H2,1H3. The van der Waals surface area contributed by atoms with Gasteiger partial charge in [0.05, 0.1) is 15.8 Å². The van der Waals surface area contributed by atoms with E-state index in [1.807, 2.05) is 0 Å². The minimum absolute atomic E-state index is 0.0453. The number of amides is 1. The summed E-state index contributed by atoms with van der Waals surface area (Å²) < 4.78 is 52.4. The lowest BCUT2D eigenvalue weighted by molar-refractivity contribution is 0.0847. The van der Waals surface area contributed by atoms with Gasteiger partial charge in [0.15, 0.2) is 9.84 Å². The van der Waals surface area contributed by atoms with Gasteiger partial charge in [0, 0.05) is 28.7 Å². The summed E-state index contributed by atoms with van der Waals surface area (Å²) in [6.07, 6.45) is 1.24. The Hall–Kier alpha value is -2.28. The predicted octanol–water partition coefficient (Wildman–Crippen LogP) is 4.13. The average molecular weight is 581 g/mol. The molecule has 1 amide bonds. The number of thiocarbonyl (C=S) groups is 1. The molecule has 7 nitrogen and oxygen atoms in total. The van der Waals surface area contributed by atoms with Gasteiger partial charge in [-0.2, -0.15) is 0 Å². The van der Waals surface area contributed by atoms with Crippen LogP contribution >= 0.6 is 36.4 Å². The maximum absolute atomic E-state index is 13.2. The van der Waals surface area contributed by atoms with Crippen molar-refractivity contribution in [1.82, 2.24) is 9.62 Å². The lowest BCUT2D eigenvalue weighted by Gasteiger charge is -2.21. The molecule has 0 aliphatic carbocycles. The second kappa shape index (κ2) is 10.2. The highest BCUT2D eigenvalue weighted by atomic mass is 35.5. The molecule has 3 aromatic carbocycles. The molecule has 1 fully saturated rings. The average Bonchev–Trinajstić information content (AvgIpc) is 3.10. The quantitative estimate of drug-likeness (QED) is 0.197. The number of alkyl halides is 1. The molecule has 2 atom stereocenters. The van der Waals surface area contributed by atoms with Gasteiger partial charge in [0.1, 0.15) is 10.5 Å². The number of sulfone groups is 1. The molecule has 36 heavy (non-hydrogen) atoms. The second-order valence-corrected chi connectivity index (χ2v) is 13.3. The summed E-state index contributed by atoms with van der Waals surface area (Å²) in [6.45, 7) is 0. The fraction of sp³-hybridized carbons (Fsp3) is 0.167. The lowest BCUT2D eigenvalue weighted by Crippen LogP contribution is -2.42. The summed E-state index contributed by atoms with van der Waals surface area (Å²) >= 11 is 16.0. The van der Waals surface area contributed by atoms with Gasteiger partial charge < -0.3 is 0 Å². The molecular weight excluding hydrogens is 560 g/mol. The third-order valence-corrected chi connectivity index (χ3v) is 9.43. The van der Waals surface area contributed by atoms with Crippen molar-refractivity contribution in [3.63, 3.8) is 0 Å². The van der Waals surface area contributed by atoms with Crippen LogP contribution in [0.25, 0.3) is 11.1 Å². The fourth-order valence-corrected chi connectivity index (χ4v) is 7.02. The molecule has 1 N–H and O–H groups in total. The summed E-state index contributed by atoms with van der Waals surface area (Å²) in [7, 11) is -7.35. The van der Waals surface area contributed by atoms with Gasteiger partial charge in [-0.15, -0.1) is 12.6 Å². The molecule has 2 unspecified atom stereocenters. The Labute approximate surface area is 225 Å². The third-order valence-electron chi connectivity index (χ3n) is 5.64. The highest BCUT2D eigenvalue weighted by Crippen LogP contribution is 2.30. The lowest BCUT2D eigenvalue weighted by atomic mass is 10.0. The molecular formula is C24H21ClN2O5S4. The molecule has 3 aromatic rings. The first-order valence-electron chi connectivity index (χ1n) is 10.6. The molecule has 0 spiro atoms. The summed E-state index contributed by atoms with van der Waals surface area (Å²) in [5, 5.41) is 0. The zero-order valence-electron chi connectivity index (χ0n) is 18.8. The Morgan fingerprint density at radius 2 is 1.61 bits per heavy atom. The number of hydrogen-bond donors (Lipinski definition) is 2. The van der Waals surface area contributed by atoms with E-state index in [1.54, 1.807) is 54.6 Å². The number of nitrogens with one attached hydrogen (secondary N) is 1. The van der Waals surface area contributed by atoms with Crippen molar-refractivity contribution in [2.75, 3.05) is 6.26 Å². The van der Waals surface area contributed by atoms with Crippen LogP contribution in [-0.4, -0.2) is 50.4 Å².